The van der Waals surface area contributed by atoms with Crippen molar-refractivity contribution in [2.24, 2.45) is 0 Å². The van der Waals surface area contributed by atoms with Gasteiger partial charge in [-0.05, 0) is 0 Å². The second-order valence-electron chi connectivity index (χ2n) is 0.447. The summed E-state index contributed by atoms with van der Waals surface area (Å²) < 4.78 is 0. The third-order valence-electron chi connectivity index (χ3n) is 0. The molecule has 0 fully saturated rings. The van der Waals surface area contributed by atoms with Gasteiger partial charge in [0.15, 0.2) is 0 Å². The largest absolute Gasteiger partial charge is 2.00 e. The molecule has 0 rings (SSSR count). The van der Waals surface area contributed by atoms with Gasteiger partial charge >= 0.3 is 16.8 Å². The van der Waals surface area contributed by atoms with Crippen LogP contribution in [-0.4, -0.2) is 75.9 Å². The smallest absolute Gasteiger partial charge is 0.412 e. The molecule has 0 saturated heterocycles. The standard InChI is InChI=1S/Co.2NO3.12H2O/c;2*2-1(3)4;;;;;;;;;;;;/h;;;12*1H2/q+2;2*-1;;;;;;;;;;;;. The zero-order valence-corrected chi connectivity index (χ0v) is 10.7. The van der Waals surface area contributed by atoms with Crippen LogP contribution in [0, 0.1) is 30.6 Å². The van der Waals surface area contributed by atoms with E-state index in [2.05, 4.69) is 0 Å². The first-order valence-electron chi connectivity index (χ1n) is 1.10. The van der Waals surface area contributed by atoms with Gasteiger partial charge in [0.2, 0.25) is 0 Å². The molecule has 0 aromatic heterocycles. The maximum Gasteiger partial charge on any atom is 2.00 e. The van der Waals surface area contributed by atoms with E-state index in [9.17, 15) is 0 Å². The Morgan fingerprint density at radius 2 is 0.381 bits per heavy atom. The summed E-state index contributed by atoms with van der Waals surface area (Å²) in [7, 11) is 0. The molecule has 0 saturated carbocycles. The van der Waals surface area contributed by atoms with Crippen molar-refractivity contribution in [3.8, 4) is 0 Å². The van der Waals surface area contributed by atoms with Gasteiger partial charge in [-0.15, -0.1) is 0 Å². The van der Waals surface area contributed by atoms with E-state index < -0.39 is 10.2 Å². The maximum atomic E-state index is 8.25. The predicted octanol–water partition coefficient (Wildman–Crippen LogP) is -10.4. The number of rotatable bonds is 0. The summed E-state index contributed by atoms with van der Waals surface area (Å²) in [5.41, 5.74) is 0. The summed E-state index contributed by atoms with van der Waals surface area (Å²) in [6.07, 6.45) is 0. The fourth-order valence-corrected chi connectivity index (χ4v) is 0. The van der Waals surface area contributed by atoms with Crippen LogP contribution < -0.4 is 0 Å². The van der Waals surface area contributed by atoms with Crippen LogP contribution >= 0.6 is 0 Å². The van der Waals surface area contributed by atoms with Gasteiger partial charge in [-0.2, -0.15) is 0 Å². The molecular formula is H24CoN2O18. The van der Waals surface area contributed by atoms with Crippen LogP contribution in [0.25, 0.3) is 0 Å². The van der Waals surface area contributed by atoms with Gasteiger partial charge in [-0.3, -0.25) is 0 Å². The molecule has 21 heteroatoms. The summed E-state index contributed by atoms with van der Waals surface area (Å²) in [5, 5.41) is 29.5. The monoisotopic (exact) mass is 399 g/mol. The molecule has 0 bridgehead atoms. The van der Waals surface area contributed by atoms with E-state index in [1.54, 1.807) is 0 Å². The van der Waals surface area contributed by atoms with Gasteiger partial charge < -0.3 is 96.4 Å². The van der Waals surface area contributed by atoms with Crippen LogP contribution in [0.3, 0.4) is 0 Å². The third-order valence-corrected chi connectivity index (χ3v) is 0. The van der Waals surface area contributed by atoms with Gasteiger partial charge in [0.05, 0.1) is 10.2 Å². The van der Waals surface area contributed by atoms with Gasteiger partial charge in [0, 0.05) is 0 Å². The van der Waals surface area contributed by atoms with Crippen molar-refractivity contribution < 1.29 is 92.7 Å². The molecule has 0 aliphatic heterocycles. The van der Waals surface area contributed by atoms with E-state index in [1.165, 1.54) is 0 Å². The van der Waals surface area contributed by atoms with Crippen LogP contribution in [0.4, 0.5) is 0 Å². The Bertz CT molecular complexity index is 73.2. The molecule has 0 spiro atoms. The summed E-state index contributed by atoms with van der Waals surface area (Å²) in [4.78, 5) is 16.5. The maximum absolute atomic E-state index is 8.25. The van der Waals surface area contributed by atoms with Crippen molar-refractivity contribution >= 4 is 0 Å². The Morgan fingerprint density at radius 1 is 0.381 bits per heavy atom. The van der Waals surface area contributed by atoms with Gasteiger partial charge in [0.25, 0.3) is 0 Å². The van der Waals surface area contributed by atoms with Crippen molar-refractivity contribution in [2.45, 2.75) is 0 Å². The summed E-state index contributed by atoms with van der Waals surface area (Å²) in [5.74, 6) is 0. The molecule has 21 heavy (non-hydrogen) atoms. The molecule has 0 heterocycles. The topological polar surface area (TPSA) is 510 Å². The molecule has 0 aromatic rings. The van der Waals surface area contributed by atoms with E-state index in [0.717, 1.165) is 0 Å². The van der Waals surface area contributed by atoms with E-state index in [4.69, 9.17) is 30.6 Å². The fourth-order valence-electron chi connectivity index (χ4n) is 0. The first-order valence-corrected chi connectivity index (χ1v) is 1.10. The van der Waals surface area contributed by atoms with Crippen molar-refractivity contribution in [2.75, 3.05) is 0 Å². The van der Waals surface area contributed by atoms with Crippen molar-refractivity contribution in [1.29, 1.82) is 0 Å². The Balaban J connectivity index is -0.00000000163. The minimum atomic E-state index is -1.75. The Labute approximate surface area is 124 Å². The summed E-state index contributed by atoms with van der Waals surface area (Å²) in [6, 6.07) is 0. The van der Waals surface area contributed by atoms with Crippen LogP contribution in [0.5, 0.6) is 0 Å². The molecule has 0 aliphatic rings. The number of hydrogen-bond donors (Lipinski definition) is 0. The van der Waals surface area contributed by atoms with Gasteiger partial charge in [-0.1, -0.05) is 0 Å². The molecular weight excluding hydrogens is 375 g/mol. The second-order valence-corrected chi connectivity index (χ2v) is 0.447. The number of nitrogens with zero attached hydrogens (tertiary/aromatic N) is 2. The quantitative estimate of drug-likeness (QED) is 0.280. The van der Waals surface area contributed by atoms with Crippen LogP contribution in [0.2, 0.25) is 0 Å². The third kappa shape index (κ3) is 2010. The Kier molecular flexibility index (Phi) is 4580. The minimum Gasteiger partial charge on any atom is -0.412 e. The Morgan fingerprint density at radius 3 is 0.381 bits per heavy atom. The molecule has 0 atom stereocenters. The van der Waals surface area contributed by atoms with E-state index in [-0.39, 0.29) is 82.5 Å². The van der Waals surface area contributed by atoms with Gasteiger partial charge in [-0.25, -0.2) is 0 Å². The van der Waals surface area contributed by atoms with E-state index >= 15 is 0 Å². The summed E-state index contributed by atoms with van der Waals surface area (Å²) >= 11 is 0. The summed E-state index contributed by atoms with van der Waals surface area (Å²) in [6.45, 7) is 0. The van der Waals surface area contributed by atoms with Crippen molar-refractivity contribution in [3.05, 3.63) is 30.6 Å². The SMILES string of the molecule is O.O.O.O.O.O.O.O.O.O.O.O.O=[N+]([O-])[O-].O=[N+]([O-])[O-].[Co+2]. The zero-order valence-electron chi connectivity index (χ0n) is 9.68. The van der Waals surface area contributed by atoms with Crippen molar-refractivity contribution in [3.63, 3.8) is 0 Å². The van der Waals surface area contributed by atoms with Crippen molar-refractivity contribution in [1.82, 2.24) is 0 Å². The molecule has 151 valence electrons. The molecule has 0 aromatic carbocycles. The molecule has 1 radical (unpaired) electrons. The average Bonchev–Trinajstić information content (AvgIpc) is 1.25. The zero-order chi connectivity index (χ0) is 7.15. The molecule has 0 aliphatic carbocycles. The number of hydrogen-bond acceptors (Lipinski definition) is 6. The molecule has 0 amide bonds. The molecule has 0 unspecified atom stereocenters. The van der Waals surface area contributed by atoms with E-state index in [0.29, 0.717) is 0 Å². The minimum absolute atomic E-state index is 0. The predicted molar refractivity (Wildman–Crippen MR) is 64.1 cm³/mol. The fraction of sp³-hybridized carbons (Fsp3) is 0. The molecule has 20 nitrogen and oxygen atoms in total. The second kappa shape index (κ2) is 286. The van der Waals surface area contributed by atoms with E-state index in [1.807, 2.05) is 0 Å². The van der Waals surface area contributed by atoms with Crippen LogP contribution in [-0.2, 0) is 16.8 Å². The van der Waals surface area contributed by atoms with Crippen LogP contribution in [0.15, 0.2) is 0 Å². The van der Waals surface area contributed by atoms with Gasteiger partial charge in [0.1, 0.15) is 0 Å². The average molecular weight is 399 g/mol. The molecule has 24 N–H and O–H groups in total. The van der Waals surface area contributed by atoms with Crippen LogP contribution in [0.1, 0.15) is 0 Å². The first kappa shape index (κ1) is 337. The first-order chi connectivity index (χ1) is 3.46. The normalized spacial score (nSPS) is 2.29. The Hall–Kier alpha value is -1.57.